The molecule has 0 radical (unpaired) electrons. The molecule has 3 rings (SSSR count). The van der Waals surface area contributed by atoms with Crippen LogP contribution in [-0.4, -0.2) is 63.9 Å². The Labute approximate surface area is 148 Å². The summed E-state index contributed by atoms with van der Waals surface area (Å²) in [7, 11) is 4.14. The van der Waals surface area contributed by atoms with Gasteiger partial charge in [-0.15, -0.1) is 10.2 Å². The summed E-state index contributed by atoms with van der Waals surface area (Å²) in [6.45, 7) is 6.26. The van der Waals surface area contributed by atoms with Crippen LogP contribution in [0, 0.1) is 12.7 Å². The predicted octanol–water partition coefficient (Wildman–Crippen LogP) is 1.85. The fourth-order valence-electron chi connectivity index (χ4n) is 3.17. The van der Waals surface area contributed by atoms with Crippen molar-refractivity contribution in [2.24, 2.45) is 7.05 Å². The van der Waals surface area contributed by atoms with Gasteiger partial charge >= 0.3 is 0 Å². The summed E-state index contributed by atoms with van der Waals surface area (Å²) in [5.41, 5.74) is 0. The van der Waals surface area contributed by atoms with Crippen LogP contribution in [0.25, 0.3) is 0 Å². The lowest BCUT2D eigenvalue weighted by Gasteiger charge is -2.24. The van der Waals surface area contributed by atoms with Gasteiger partial charge in [0.15, 0.2) is 0 Å². The first-order valence-electron chi connectivity index (χ1n) is 8.69. The molecule has 1 unspecified atom stereocenters. The van der Waals surface area contributed by atoms with Crippen molar-refractivity contribution in [3.63, 3.8) is 0 Å². The second-order valence-electron chi connectivity index (χ2n) is 6.69. The summed E-state index contributed by atoms with van der Waals surface area (Å²) in [6.07, 6.45) is 1.13. The molecular weight excluding hydrogens is 321 g/mol. The Morgan fingerprint density at radius 2 is 2.20 bits per heavy atom. The van der Waals surface area contributed by atoms with Gasteiger partial charge in [-0.2, -0.15) is 0 Å². The van der Waals surface area contributed by atoms with Gasteiger partial charge in [0.2, 0.25) is 0 Å². The zero-order valence-corrected chi connectivity index (χ0v) is 15.2. The molecular formula is C18H26FN5O. The molecule has 0 saturated carbocycles. The fraction of sp³-hybridized carbons (Fsp3) is 0.556. The smallest absolute Gasteiger partial charge is 0.146 e. The molecule has 1 aliphatic heterocycles. The second kappa shape index (κ2) is 7.93. The molecule has 1 aromatic heterocycles. The minimum atomic E-state index is -0.264. The Kier molecular flexibility index (Phi) is 5.65. The number of hydrogen-bond acceptors (Lipinski definition) is 5. The van der Waals surface area contributed by atoms with Gasteiger partial charge in [0.1, 0.15) is 29.8 Å². The maximum atomic E-state index is 13.1. The highest BCUT2D eigenvalue weighted by Gasteiger charge is 2.26. The highest BCUT2D eigenvalue weighted by molar-refractivity contribution is 5.22. The van der Waals surface area contributed by atoms with E-state index in [4.69, 9.17) is 4.74 Å². The number of likely N-dealkylation sites (tertiary alicyclic amines) is 1. The zero-order valence-electron chi connectivity index (χ0n) is 15.2. The second-order valence-corrected chi connectivity index (χ2v) is 6.69. The third kappa shape index (κ3) is 4.55. The summed E-state index contributed by atoms with van der Waals surface area (Å²) >= 11 is 0. The van der Waals surface area contributed by atoms with Crippen LogP contribution in [0.2, 0.25) is 0 Å². The topological polar surface area (TPSA) is 46.4 Å². The molecule has 136 valence electrons. The molecule has 0 spiro atoms. The number of benzene rings is 1. The van der Waals surface area contributed by atoms with Gasteiger partial charge in [-0.1, -0.05) is 6.07 Å². The van der Waals surface area contributed by atoms with Crippen LogP contribution in [0.4, 0.5) is 4.39 Å². The fourth-order valence-corrected chi connectivity index (χ4v) is 3.17. The Balaban J connectivity index is 1.42. The molecule has 1 atom stereocenters. The monoisotopic (exact) mass is 347 g/mol. The molecule has 6 nitrogen and oxygen atoms in total. The molecule has 1 saturated heterocycles. The van der Waals surface area contributed by atoms with E-state index in [0.29, 0.717) is 18.4 Å². The van der Waals surface area contributed by atoms with Crippen molar-refractivity contribution in [1.29, 1.82) is 0 Å². The number of rotatable bonds is 7. The summed E-state index contributed by atoms with van der Waals surface area (Å²) in [6, 6.07) is 6.80. The van der Waals surface area contributed by atoms with Crippen LogP contribution in [0.5, 0.6) is 5.75 Å². The van der Waals surface area contributed by atoms with E-state index in [9.17, 15) is 4.39 Å². The zero-order chi connectivity index (χ0) is 17.8. The maximum Gasteiger partial charge on any atom is 0.146 e. The molecule has 2 aromatic rings. The Hall–Kier alpha value is -1.99. The van der Waals surface area contributed by atoms with Crippen molar-refractivity contribution in [2.75, 3.05) is 33.3 Å². The first-order valence-corrected chi connectivity index (χ1v) is 8.69. The summed E-state index contributed by atoms with van der Waals surface area (Å²) in [5.74, 6) is 2.25. The van der Waals surface area contributed by atoms with Gasteiger partial charge < -0.3 is 9.30 Å². The van der Waals surface area contributed by atoms with E-state index in [1.807, 2.05) is 18.5 Å². The third-order valence-electron chi connectivity index (χ3n) is 4.92. The molecule has 0 N–H and O–H groups in total. The van der Waals surface area contributed by atoms with E-state index in [1.54, 1.807) is 12.1 Å². The van der Waals surface area contributed by atoms with Crippen molar-refractivity contribution < 1.29 is 9.13 Å². The molecule has 25 heavy (non-hydrogen) atoms. The minimum Gasteiger partial charge on any atom is -0.492 e. The molecule has 1 aromatic carbocycles. The number of halogens is 1. The highest BCUT2D eigenvalue weighted by atomic mass is 19.1. The summed E-state index contributed by atoms with van der Waals surface area (Å²) < 4.78 is 20.8. The summed E-state index contributed by atoms with van der Waals surface area (Å²) in [4.78, 5) is 4.74. The van der Waals surface area contributed by atoms with Crippen LogP contribution in [0.15, 0.2) is 24.3 Å². The lowest BCUT2D eigenvalue weighted by molar-refractivity contribution is 0.200. The molecule has 2 heterocycles. The number of hydrogen-bond donors (Lipinski definition) is 0. The first kappa shape index (κ1) is 17.8. The number of nitrogens with zero attached hydrogens (tertiary/aromatic N) is 5. The van der Waals surface area contributed by atoms with Crippen LogP contribution >= 0.6 is 0 Å². The average molecular weight is 347 g/mol. The molecule has 7 heteroatoms. The van der Waals surface area contributed by atoms with Gasteiger partial charge in [0.05, 0.1) is 6.54 Å². The largest absolute Gasteiger partial charge is 0.492 e. The van der Waals surface area contributed by atoms with Gasteiger partial charge in [0.25, 0.3) is 0 Å². The maximum absolute atomic E-state index is 13.1. The number of aromatic nitrogens is 3. The lowest BCUT2D eigenvalue weighted by Crippen LogP contribution is -2.35. The van der Waals surface area contributed by atoms with E-state index in [-0.39, 0.29) is 5.82 Å². The SMILES string of the molecule is Cc1nnc(CN(C)C2CCN(CCOc3cccc(F)c3)C2)n1C. The predicted molar refractivity (Wildman–Crippen MR) is 93.9 cm³/mol. The van der Waals surface area contributed by atoms with Crippen LogP contribution < -0.4 is 4.74 Å². The number of ether oxygens (including phenoxy) is 1. The standard InChI is InChI=1S/C18H26FN5O/c1-14-20-21-18(23(14)3)13-22(2)16-7-8-24(12-16)9-10-25-17-6-4-5-15(19)11-17/h4-6,11,16H,7-10,12-13H2,1-3H3. The minimum absolute atomic E-state index is 0.264. The summed E-state index contributed by atoms with van der Waals surface area (Å²) in [5, 5.41) is 8.36. The van der Waals surface area contributed by atoms with E-state index in [1.165, 1.54) is 12.1 Å². The van der Waals surface area contributed by atoms with Crippen molar-refractivity contribution in [3.05, 3.63) is 41.7 Å². The molecule has 0 amide bonds. The van der Waals surface area contributed by atoms with E-state index >= 15 is 0 Å². The lowest BCUT2D eigenvalue weighted by atomic mass is 10.2. The molecule has 0 bridgehead atoms. The van der Waals surface area contributed by atoms with Crippen LogP contribution in [-0.2, 0) is 13.6 Å². The highest BCUT2D eigenvalue weighted by Crippen LogP contribution is 2.17. The van der Waals surface area contributed by atoms with Crippen LogP contribution in [0.1, 0.15) is 18.1 Å². The van der Waals surface area contributed by atoms with E-state index in [0.717, 1.165) is 44.2 Å². The van der Waals surface area contributed by atoms with Crippen molar-refractivity contribution >= 4 is 0 Å². The van der Waals surface area contributed by atoms with Gasteiger partial charge in [-0.25, -0.2) is 4.39 Å². The molecule has 1 fully saturated rings. The Bertz CT molecular complexity index is 705. The number of likely N-dealkylation sites (N-methyl/N-ethyl adjacent to an activating group) is 1. The van der Waals surface area contributed by atoms with Crippen LogP contribution in [0.3, 0.4) is 0 Å². The number of aryl methyl sites for hydroxylation is 1. The van der Waals surface area contributed by atoms with Crippen molar-refractivity contribution in [1.82, 2.24) is 24.6 Å². The van der Waals surface area contributed by atoms with E-state index < -0.39 is 0 Å². The quantitative estimate of drug-likeness (QED) is 0.765. The average Bonchev–Trinajstić information content (AvgIpc) is 3.17. The normalized spacial score (nSPS) is 18.2. The van der Waals surface area contributed by atoms with Gasteiger partial charge in [-0.3, -0.25) is 9.80 Å². The third-order valence-corrected chi connectivity index (χ3v) is 4.92. The van der Waals surface area contributed by atoms with Crippen molar-refractivity contribution in [3.8, 4) is 5.75 Å². The van der Waals surface area contributed by atoms with E-state index in [2.05, 4.69) is 27.0 Å². The molecule has 1 aliphatic rings. The first-order chi connectivity index (χ1) is 12.0. The van der Waals surface area contributed by atoms with Crippen molar-refractivity contribution in [2.45, 2.75) is 25.9 Å². The molecule has 0 aliphatic carbocycles. The van der Waals surface area contributed by atoms with Gasteiger partial charge in [0, 0.05) is 32.2 Å². The van der Waals surface area contributed by atoms with Gasteiger partial charge in [-0.05, 0) is 39.1 Å². The Morgan fingerprint density at radius 1 is 1.36 bits per heavy atom. The Morgan fingerprint density at radius 3 is 2.92 bits per heavy atom.